The van der Waals surface area contributed by atoms with E-state index in [0.29, 0.717) is 28.9 Å². The minimum Gasteiger partial charge on any atom is -0.488 e. The molecule has 2 N–H and O–H groups in total. The van der Waals surface area contributed by atoms with Crippen molar-refractivity contribution in [2.45, 2.75) is 25.6 Å². The van der Waals surface area contributed by atoms with Crippen LogP contribution in [0.5, 0.6) is 5.75 Å². The van der Waals surface area contributed by atoms with E-state index in [2.05, 4.69) is 31.8 Å². The molecule has 0 spiro atoms. The summed E-state index contributed by atoms with van der Waals surface area (Å²) < 4.78 is 25.5. The van der Waals surface area contributed by atoms with Crippen molar-refractivity contribution >= 4 is 45.6 Å². The zero-order chi connectivity index (χ0) is 22.2. The zero-order valence-corrected chi connectivity index (χ0v) is 18.7. The molecular weight excluding hydrogens is 493 g/mol. The van der Waals surface area contributed by atoms with Crippen LogP contribution in [0.2, 0.25) is 5.02 Å². The van der Waals surface area contributed by atoms with Crippen molar-refractivity contribution in [3.8, 4) is 5.75 Å². The molecule has 10 heteroatoms. The molecule has 0 radical (unpaired) electrons. The first kappa shape index (κ1) is 23.2. The number of carbonyl (C=O) groups is 2. The van der Waals surface area contributed by atoms with Gasteiger partial charge in [-0.05, 0) is 64.7 Å². The lowest BCUT2D eigenvalue weighted by atomic mass is 10.2. The molecule has 1 aliphatic rings. The van der Waals surface area contributed by atoms with Crippen LogP contribution in [0.3, 0.4) is 0 Å². The maximum absolute atomic E-state index is 13.8. The van der Waals surface area contributed by atoms with Crippen molar-refractivity contribution in [3.63, 3.8) is 0 Å². The van der Waals surface area contributed by atoms with Crippen LogP contribution in [0.25, 0.3) is 0 Å². The summed E-state index contributed by atoms with van der Waals surface area (Å²) in [5, 5.41) is 6.59. The molecule has 0 bridgehead atoms. The quantitative estimate of drug-likeness (QED) is 0.337. The van der Waals surface area contributed by atoms with Crippen molar-refractivity contribution in [2.24, 2.45) is 5.10 Å². The van der Waals surface area contributed by atoms with E-state index in [9.17, 15) is 14.0 Å². The molecule has 1 saturated heterocycles. The van der Waals surface area contributed by atoms with Crippen molar-refractivity contribution < 1.29 is 23.5 Å². The molecule has 2 aromatic carbocycles. The van der Waals surface area contributed by atoms with Gasteiger partial charge in [-0.2, -0.15) is 5.10 Å². The van der Waals surface area contributed by atoms with Gasteiger partial charge in [0.1, 0.15) is 18.2 Å². The van der Waals surface area contributed by atoms with E-state index in [1.807, 2.05) is 0 Å². The van der Waals surface area contributed by atoms with Crippen LogP contribution < -0.4 is 15.5 Å². The van der Waals surface area contributed by atoms with E-state index in [0.717, 1.165) is 12.8 Å². The van der Waals surface area contributed by atoms with Crippen LogP contribution in [0.4, 0.5) is 4.39 Å². The van der Waals surface area contributed by atoms with Crippen LogP contribution in [0.1, 0.15) is 24.0 Å². The minimum atomic E-state index is -0.866. The lowest BCUT2D eigenvalue weighted by Crippen LogP contribution is -2.41. The highest BCUT2D eigenvalue weighted by atomic mass is 79.9. The summed E-state index contributed by atoms with van der Waals surface area (Å²) in [7, 11) is 0. The molecule has 1 fully saturated rings. The molecule has 1 aliphatic heterocycles. The SMILES string of the molecule is O=C(NC[C@@H]1CCCO1)C(=O)N/N=C\c1ccc(OCc2c(F)cccc2Cl)c(Br)c1. The van der Waals surface area contributed by atoms with E-state index >= 15 is 0 Å². The third-order valence-corrected chi connectivity index (χ3v) is 5.46. The fraction of sp³-hybridized carbons (Fsp3) is 0.286. The molecule has 0 unspecified atom stereocenters. The summed E-state index contributed by atoms with van der Waals surface area (Å²) in [4.78, 5) is 23.6. The molecule has 1 heterocycles. The molecule has 164 valence electrons. The number of amides is 2. The standard InChI is InChI=1S/C21H20BrClFN3O4/c22-16-9-13(6-7-19(16)31-12-15-17(23)4-1-5-18(15)24)10-26-27-21(29)20(28)25-11-14-3-2-8-30-14/h1,4-7,9-10,14H,2-3,8,11-12H2,(H,25,28)(H,27,29)/b26-10-/t14-/m0/s1. The first-order valence-corrected chi connectivity index (χ1v) is 10.7. The number of rotatable bonds is 7. The summed E-state index contributed by atoms with van der Waals surface area (Å²) in [6, 6.07) is 9.49. The Morgan fingerprint density at radius 1 is 1.32 bits per heavy atom. The second-order valence-corrected chi connectivity index (χ2v) is 7.98. The van der Waals surface area contributed by atoms with Gasteiger partial charge in [0.25, 0.3) is 0 Å². The maximum Gasteiger partial charge on any atom is 0.329 e. The van der Waals surface area contributed by atoms with Crippen LogP contribution in [0, 0.1) is 5.82 Å². The molecule has 0 saturated carbocycles. The average Bonchev–Trinajstić information content (AvgIpc) is 3.26. The average molecular weight is 513 g/mol. The number of benzene rings is 2. The number of ether oxygens (including phenoxy) is 2. The Kier molecular flexibility index (Phi) is 8.39. The summed E-state index contributed by atoms with van der Waals surface area (Å²) in [5.41, 5.74) is 3.08. The van der Waals surface area contributed by atoms with Crippen molar-refractivity contribution in [2.75, 3.05) is 13.2 Å². The number of halogens is 3. The molecular formula is C21H20BrClFN3O4. The fourth-order valence-corrected chi connectivity index (χ4v) is 3.57. The summed E-state index contributed by atoms with van der Waals surface area (Å²) in [6.07, 6.45) is 3.15. The third-order valence-electron chi connectivity index (χ3n) is 4.49. The molecule has 2 aromatic rings. The number of nitrogens with one attached hydrogen (secondary N) is 2. The number of nitrogens with zero attached hydrogens (tertiary/aromatic N) is 1. The molecule has 7 nitrogen and oxygen atoms in total. The lowest BCUT2D eigenvalue weighted by molar-refractivity contribution is -0.139. The second-order valence-electron chi connectivity index (χ2n) is 6.72. The van der Waals surface area contributed by atoms with E-state index in [4.69, 9.17) is 21.1 Å². The van der Waals surface area contributed by atoms with Crippen LogP contribution in [0.15, 0.2) is 46.0 Å². The fourth-order valence-electron chi connectivity index (χ4n) is 2.84. The highest BCUT2D eigenvalue weighted by Crippen LogP contribution is 2.28. The van der Waals surface area contributed by atoms with Gasteiger partial charge in [-0.3, -0.25) is 9.59 Å². The van der Waals surface area contributed by atoms with Gasteiger partial charge in [-0.25, -0.2) is 9.82 Å². The van der Waals surface area contributed by atoms with Crippen LogP contribution in [-0.4, -0.2) is 37.3 Å². The van der Waals surface area contributed by atoms with Gasteiger partial charge in [0, 0.05) is 18.7 Å². The Bertz CT molecular complexity index is 963. The first-order valence-electron chi connectivity index (χ1n) is 9.52. The number of hydrogen-bond donors (Lipinski definition) is 2. The monoisotopic (exact) mass is 511 g/mol. The van der Waals surface area contributed by atoms with Crippen LogP contribution >= 0.6 is 27.5 Å². The number of hydrazone groups is 1. The number of hydrogen-bond acceptors (Lipinski definition) is 5. The normalized spacial score (nSPS) is 15.8. The summed E-state index contributed by atoms with van der Waals surface area (Å²) >= 11 is 9.38. The molecule has 2 amide bonds. The van der Waals surface area contributed by atoms with Gasteiger partial charge in [0.15, 0.2) is 0 Å². The third kappa shape index (κ3) is 6.75. The molecule has 31 heavy (non-hydrogen) atoms. The zero-order valence-electron chi connectivity index (χ0n) is 16.4. The maximum atomic E-state index is 13.8. The van der Waals surface area contributed by atoms with E-state index in [1.165, 1.54) is 18.3 Å². The van der Waals surface area contributed by atoms with Crippen LogP contribution in [-0.2, 0) is 20.9 Å². The van der Waals surface area contributed by atoms with Crippen molar-refractivity contribution in [3.05, 3.63) is 62.8 Å². The smallest absolute Gasteiger partial charge is 0.329 e. The van der Waals surface area contributed by atoms with Gasteiger partial charge >= 0.3 is 11.8 Å². The second kappa shape index (κ2) is 11.2. The minimum absolute atomic E-state index is 0.0331. The van der Waals surface area contributed by atoms with Gasteiger partial charge in [0.05, 0.1) is 21.8 Å². The Morgan fingerprint density at radius 3 is 2.87 bits per heavy atom. The van der Waals surface area contributed by atoms with Gasteiger partial charge in [0.2, 0.25) is 0 Å². The summed E-state index contributed by atoms with van der Waals surface area (Å²) in [6.45, 7) is 0.935. The predicted molar refractivity (Wildman–Crippen MR) is 118 cm³/mol. The number of carbonyl (C=O) groups excluding carboxylic acids is 2. The molecule has 3 rings (SSSR count). The predicted octanol–water partition coefficient (Wildman–Crippen LogP) is 3.57. The lowest BCUT2D eigenvalue weighted by Gasteiger charge is -2.11. The Morgan fingerprint density at radius 2 is 2.16 bits per heavy atom. The van der Waals surface area contributed by atoms with E-state index < -0.39 is 17.6 Å². The molecule has 1 atom stereocenters. The van der Waals surface area contributed by atoms with Crippen molar-refractivity contribution in [1.29, 1.82) is 0 Å². The molecule has 0 aliphatic carbocycles. The molecule has 0 aromatic heterocycles. The Hall–Kier alpha value is -2.49. The van der Waals surface area contributed by atoms with Gasteiger partial charge in [-0.1, -0.05) is 17.7 Å². The summed E-state index contributed by atoms with van der Waals surface area (Å²) in [5.74, 6) is -1.60. The Balaban J connectivity index is 1.49. The van der Waals surface area contributed by atoms with Gasteiger partial charge in [-0.15, -0.1) is 0 Å². The van der Waals surface area contributed by atoms with Crippen molar-refractivity contribution in [1.82, 2.24) is 10.7 Å². The highest BCUT2D eigenvalue weighted by Gasteiger charge is 2.19. The van der Waals surface area contributed by atoms with E-state index in [1.54, 1.807) is 24.3 Å². The van der Waals surface area contributed by atoms with Gasteiger partial charge < -0.3 is 14.8 Å². The topological polar surface area (TPSA) is 89.0 Å². The highest BCUT2D eigenvalue weighted by molar-refractivity contribution is 9.10. The first-order chi connectivity index (χ1) is 14.9. The Labute approximate surface area is 192 Å². The van der Waals surface area contributed by atoms with E-state index in [-0.39, 0.29) is 23.3 Å². The largest absolute Gasteiger partial charge is 0.488 e.